The van der Waals surface area contributed by atoms with Crippen LogP contribution in [0.2, 0.25) is 5.02 Å². The summed E-state index contributed by atoms with van der Waals surface area (Å²) in [5.74, 6) is -0.295. The fourth-order valence-corrected chi connectivity index (χ4v) is 2.47. The van der Waals surface area contributed by atoms with Crippen LogP contribution in [0.25, 0.3) is 0 Å². The maximum absolute atomic E-state index is 13.2. The molecule has 20 heavy (non-hydrogen) atoms. The quantitative estimate of drug-likeness (QED) is 0.852. The summed E-state index contributed by atoms with van der Waals surface area (Å²) in [6.07, 6.45) is 0. The standard InChI is InChI=1S/C17H19ClFN/c1-17(2,14-6-4-3-5-7-14)12-20-11-13-8-15(18)10-16(19)9-13/h3-10,20H,11-12H2,1-2H3. The van der Waals surface area contributed by atoms with Gasteiger partial charge in [0.25, 0.3) is 0 Å². The van der Waals surface area contributed by atoms with E-state index in [-0.39, 0.29) is 11.2 Å². The van der Waals surface area contributed by atoms with Crippen LogP contribution in [0.3, 0.4) is 0 Å². The van der Waals surface area contributed by atoms with Crippen molar-refractivity contribution in [3.05, 3.63) is 70.5 Å². The second-order valence-electron chi connectivity index (χ2n) is 5.63. The maximum Gasteiger partial charge on any atom is 0.125 e. The molecular weight excluding hydrogens is 273 g/mol. The Labute approximate surface area is 124 Å². The van der Waals surface area contributed by atoms with Crippen LogP contribution in [-0.2, 0) is 12.0 Å². The van der Waals surface area contributed by atoms with Crippen LogP contribution in [0.15, 0.2) is 48.5 Å². The minimum atomic E-state index is -0.295. The summed E-state index contributed by atoms with van der Waals surface area (Å²) in [5, 5.41) is 3.80. The van der Waals surface area contributed by atoms with Crippen LogP contribution in [-0.4, -0.2) is 6.54 Å². The first-order valence-corrected chi connectivity index (χ1v) is 7.06. The fourth-order valence-electron chi connectivity index (χ4n) is 2.22. The molecule has 0 spiro atoms. The van der Waals surface area contributed by atoms with E-state index < -0.39 is 0 Å². The lowest BCUT2D eigenvalue weighted by molar-refractivity contribution is 0.468. The molecule has 106 valence electrons. The molecule has 0 saturated heterocycles. The van der Waals surface area contributed by atoms with E-state index in [1.54, 1.807) is 6.07 Å². The molecule has 0 bridgehead atoms. The maximum atomic E-state index is 13.2. The molecular formula is C17H19ClFN. The molecule has 1 nitrogen and oxygen atoms in total. The van der Waals surface area contributed by atoms with Gasteiger partial charge in [-0.25, -0.2) is 4.39 Å². The van der Waals surface area contributed by atoms with Gasteiger partial charge in [-0.15, -0.1) is 0 Å². The molecule has 0 unspecified atom stereocenters. The van der Waals surface area contributed by atoms with Gasteiger partial charge in [0.05, 0.1) is 0 Å². The third-order valence-electron chi connectivity index (χ3n) is 3.37. The summed E-state index contributed by atoms with van der Waals surface area (Å²) in [7, 11) is 0. The molecule has 0 heterocycles. The van der Waals surface area contributed by atoms with Crippen LogP contribution >= 0.6 is 11.6 Å². The smallest absolute Gasteiger partial charge is 0.125 e. The van der Waals surface area contributed by atoms with Gasteiger partial charge in [0.1, 0.15) is 5.82 Å². The number of nitrogens with one attached hydrogen (secondary N) is 1. The number of rotatable bonds is 5. The minimum absolute atomic E-state index is 0.0262. The first-order chi connectivity index (χ1) is 9.47. The lowest BCUT2D eigenvalue weighted by Crippen LogP contribution is -2.32. The van der Waals surface area contributed by atoms with Crippen LogP contribution in [0, 0.1) is 5.82 Å². The zero-order chi connectivity index (χ0) is 14.6. The Morgan fingerprint density at radius 2 is 1.80 bits per heavy atom. The molecule has 0 saturated carbocycles. The molecule has 0 aromatic heterocycles. The zero-order valence-electron chi connectivity index (χ0n) is 11.8. The number of hydrogen-bond acceptors (Lipinski definition) is 1. The Balaban J connectivity index is 1.95. The molecule has 2 rings (SSSR count). The molecule has 0 fully saturated rings. The summed E-state index contributed by atoms with van der Waals surface area (Å²) < 4.78 is 13.2. The van der Waals surface area contributed by atoms with E-state index in [4.69, 9.17) is 11.6 Å². The summed E-state index contributed by atoms with van der Waals surface area (Å²) in [6.45, 7) is 5.79. The van der Waals surface area contributed by atoms with Crippen LogP contribution in [0.4, 0.5) is 4.39 Å². The van der Waals surface area contributed by atoms with Crippen LogP contribution in [0.1, 0.15) is 25.0 Å². The SMILES string of the molecule is CC(C)(CNCc1cc(F)cc(Cl)c1)c1ccccc1. The summed E-state index contributed by atoms with van der Waals surface area (Å²) in [5.41, 5.74) is 2.17. The molecule has 0 aliphatic rings. The van der Waals surface area contributed by atoms with Gasteiger partial charge in [0.15, 0.2) is 0 Å². The van der Waals surface area contributed by atoms with Gasteiger partial charge < -0.3 is 5.32 Å². The van der Waals surface area contributed by atoms with Crippen molar-refractivity contribution >= 4 is 11.6 Å². The van der Waals surface area contributed by atoms with Crippen molar-refractivity contribution in [2.75, 3.05) is 6.54 Å². The Morgan fingerprint density at radius 3 is 2.45 bits per heavy atom. The van der Waals surface area contributed by atoms with E-state index in [1.165, 1.54) is 17.7 Å². The Bertz CT molecular complexity index is 546. The summed E-state index contributed by atoms with van der Waals surface area (Å²) in [6, 6.07) is 15.0. The molecule has 0 amide bonds. The van der Waals surface area contributed by atoms with Crippen molar-refractivity contribution in [1.82, 2.24) is 5.32 Å². The molecule has 0 aliphatic heterocycles. The van der Waals surface area contributed by atoms with Gasteiger partial charge in [-0.3, -0.25) is 0 Å². The van der Waals surface area contributed by atoms with Crippen molar-refractivity contribution < 1.29 is 4.39 Å². The van der Waals surface area contributed by atoms with E-state index in [0.29, 0.717) is 11.6 Å². The van der Waals surface area contributed by atoms with E-state index >= 15 is 0 Å². The fraction of sp³-hybridized carbons (Fsp3) is 0.294. The summed E-state index contributed by atoms with van der Waals surface area (Å²) in [4.78, 5) is 0. The Morgan fingerprint density at radius 1 is 1.10 bits per heavy atom. The molecule has 2 aromatic rings. The average molecular weight is 292 g/mol. The van der Waals surface area contributed by atoms with Gasteiger partial charge in [-0.1, -0.05) is 55.8 Å². The molecule has 3 heteroatoms. The number of benzene rings is 2. The minimum Gasteiger partial charge on any atom is -0.312 e. The molecule has 0 atom stereocenters. The molecule has 1 N–H and O–H groups in total. The molecule has 2 aromatic carbocycles. The lowest BCUT2D eigenvalue weighted by atomic mass is 9.84. The first kappa shape index (κ1) is 15.0. The second-order valence-corrected chi connectivity index (χ2v) is 6.07. The first-order valence-electron chi connectivity index (χ1n) is 6.68. The Hall–Kier alpha value is -1.38. The third kappa shape index (κ3) is 4.06. The van der Waals surface area contributed by atoms with Gasteiger partial charge in [0.2, 0.25) is 0 Å². The van der Waals surface area contributed by atoms with Gasteiger partial charge >= 0.3 is 0 Å². The Kier molecular flexibility index (Phi) is 4.79. The highest BCUT2D eigenvalue weighted by atomic mass is 35.5. The van der Waals surface area contributed by atoms with Crippen molar-refractivity contribution in [2.45, 2.75) is 25.8 Å². The van der Waals surface area contributed by atoms with Crippen molar-refractivity contribution in [3.63, 3.8) is 0 Å². The lowest BCUT2D eigenvalue weighted by Gasteiger charge is -2.25. The highest BCUT2D eigenvalue weighted by Gasteiger charge is 2.19. The highest BCUT2D eigenvalue weighted by molar-refractivity contribution is 6.30. The van der Waals surface area contributed by atoms with Crippen molar-refractivity contribution in [1.29, 1.82) is 0 Å². The third-order valence-corrected chi connectivity index (χ3v) is 3.59. The van der Waals surface area contributed by atoms with Crippen molar-refractivity contribution in [2.24, 2.45) is 0 Å². The predicted octanol–water partition coefficient (Wildman–Crippen LogP) is 4.55. The second kappa shape index (κ2) is 6.38. The van der Waals surface area contributed by atoms with Gasteiger partial charge in [-0.05, 0) is 29.3 Å². The zero-order valence-corrected chi connectivity index (χ0v) is 12.5. The van der Waals surface area contributed by atoms with E-state index in [2.05, 4.69) is 31.3 Å². The predicted molar refractivity (Wildman–Crippen MR) is 82.6 cm³/mol. The molecule has 0 aliphatic carbocycles. The van der Waals surface area contributed by atoms with E-state index in [9.17, 15) is 4.39 Å². The summed E-state index contributed by atoms with van der Waals surface area (Å²) >= 11 is 5.85. The van der Waals surface area contributed by atoms with E-state index in [1.807, 2.05) is 18.2 Å². The van der Waals surface area contributed by atoms with E-state index in [0.717, 1.165) is 12.1 Å². The van der Waals surface area contributed by atoms with Gasteiger partial charge in [-0.2, -0.15) is 0 Å². The number of hydrogen-bond donors (Lipinski definition) is 1. The highest BCUT2D eigenvalue weighted by Crippen LogP contribution is 2.22. The van der Waals surface area contributed by atoms with Crippen LogP contribution < -0.4 is 5.32 Å². The molecule has 0 radical (unpaired) electrons. The monoisotopic (exact) mass is 291 g/mol. The number of halogens is 2. The van der Waals surface area contributed by atoms with Crippen LogP contribution in [0.5, 0.6) is 0 Å². The van der Waals surface area contributed by atoms with Crippen molar-refractivity contribution in [3.8, 4) is 0 Å². The van der Waals surface area contributed by atoms with Gasteiger partial charge in [0, 0.05) is 23.5 Å². The average Bonchev–Trinajstić information content (AvgIpc) is 2.38. The largest absolute Gasteiger partial charge is 0.312 e. The normalized spacial score (nSPS) is 11.6. The topological polar surface area (TPSA) is 12.0 Å².